The lowest BCUT2D eigenvalue weighted by Gasteiger charge is -2.32. The maximum Gasteiger partial charge on any atom is 0.494 e. The molecule has 0 atom stereocenters. The van der Waals surface area contributed by atoms with E-state index in [1.807, 2.05) is 40.7 Å². The van der Waals surface area contributed by atoms with Crippen LogP contribution in [0.3, 0.4) is 0 Å². The van der Waals surface area contributed by atoms with E-state index in [1.54, 1.807) is 6.07 Å². The summed E-state index contributed by atoms with van der Waals surface area (Å²) in [5, 5.41) is 3.73. The molecule has 0 amide bonds. The molecule has 0 saturated carbocycles. The van der Waals surface area contributed by atoms with Crippen LogP contribution < -0.4 is 11.2 Å². The van der Waals surface area contributed by atoms with E-state index >= 15 is 0 Å². The normalized spacial score (nSPS) is 19.4. The van der Waals surface area contributed by atoms with Gasteiger partial charge >= 0.3 is 7.12 Å². The predicted octanol–water partition coefficient (Wildman–Crippen LogP) is 2.69. The molecule has 1 fully saturated rings. The SMILES string of the molecule is Cc1c(CN)cc(B2OC(C)(C)C(C)(C)O2)cc1N=[N+]=[N-]. The number of nitrogens with zero attached hydrogens (tertiary/aromatic N) is 3. The van der Waals surface area contributed by atoms with Crippen molar-refractivity contribution in [1.82, 2.24) is 0 Å². The van der Waals surface area contributed by atoms with Crippen molar-refractivity contribution in [2.75, 3.05) is 0 Å². The molecular formula is C14H21BN4O2. The van der Waals surface area contributed by atoms with Gasteiger partial charge in [0.2, 0.25) is 0 Å². The van der Waals surface area contributed by atoms with Crippen LogP contribution in [-0.2, 0) is 15.9 Å². The zero-order valence-electron chi connectivity index (χ0n) is 13.2. The number of rotatable bonds is 3. The fourth-order valence-electron chi connectivity index (χ4n) is 2.26. The van der Waals surface area contributed by atoms with Crippen LogP contribution in [0.4, 0.5) is 5.69 Å². The van der Waals surface area contributed by atoms with E-state index in [1.165, 1.54) is 0 Å². The summed E-state index contributed by atoms with van der Waals surface area (Å²) < 4.78 is 12.0. The van der Waals surface area contributed by atoms with Crippen molar-refractivity contribution >= 4 is 18.3 Å². The van der Waals surface area contributed by atoms with Gasteiger partial charge in [0.15, 0.2) is 0 Å². The molecule has 1 aliphatic heterocycles. The van der Waals surface area contributed by atoms with E-state index in [0.717, 1.165) is 16.6 Å². The number of azide groups is 1. The second-order valence-corrected chi connectivity index (χ2v) is 6.31. The Morgan fingerprint density at radius 3 is 2.29 bits per heavy atom. The van der Waals surface area contributed by atoms with Gasteiger partial charge in [0.25, 0.3) is 0 Å². The maximum atomic E-state index is 8.69. The van der Waals surface area contributed by atoms with Crippen molar-refractivity contribution in [3.8, 4) is 0 Å². The largest absolute Gasteiger partial charge is 0.494 e. The zero-order valence-corrected chi connectivity index (χ0v) is 13.2. The Morgan fingerprint density at radius 1 is 1.24 bits per heavy atom. The maximum absolute atomic E-state index is 8.69. The van der Waals surface area contributed by atoms with Gasteiger partial charge in [-0.1, -0.05) is 17.2 Å². The summed E-state index contributed by atoms with van der Waals surface area (Å²) in [6.07, 6.45) is 0. The molecular weight excluding hydrogens is 267 g/mol. The summed E-state index contributed by atoms with van der Waals surface area (Å²) in [4.78, 5) is 2.87. The molecule has 1 aromatic rings. The third kappa shape index (κ3) is 2.78. The Balaban J connectivity index is 2.46. The molecule has 1 aliphatic rings. The first-order chi connectivity index (χ1) is 9.71. The van der Waals surface area contributed by atoms with Crippen LogP contribution in [0, 0.1) is 6.92 Å². The molecule has 2 rings (SSSR count). The van der Waals surface area contributed by atoms with Crippen LogP contribution in [0.1, 0.15) is 38.8 Å². The monoisotopic (exact) mass is 288 g/mol. The standard InChI is InChI=1S/C14H21BN4O2/c1-9-10(8-16)6-11(7-12(9)18-19-17)15-20-13(2,3)14(4,5)21-15/h6-7H,8,16H2,1-5H3. The Bertz CT molecular complexity index is 593. The van der Waals surface area contributed by atoms with Gasteiger partial charge in [-0.15, -0.1) is 0 Å². The second-order valence-electron chi connectivity index (χ2n) is 6.31. The van der Waals surface area contributed by atoms with Gasteiger partial charge in [0.1, 0.15) is 0 Å². The minimum atomic E-state index is -0.492. The first kappa shape index (κ1) is 15.9. The van der Waals surface area contributed by atoms with Gasteiger partial charge in [-0.2, -0.15) is 0 Å². The van der Waals surface area contributed by atoms with E-state index in [4.69, 9.17) is 20.6 Å². The molecule has 1 aromatic carbocycles. The predicted molar refractivity (Wildman–Crippen MR) is 83.6 cm³/mol. The van der Waals surface area contributed by atoms with Gasteiger partial charge in [-0.25, -0.2) is 0 Å². The van der Waals surface area contributed by atoms with Crippen LogP contribution in [0.15, 0.2) is 17.2 Å². The number of benzene rings is 1. The lowest BCUT2D eigenvalue weighted by molar-refractivity contribution is 0.00578. The minimum Gasteiger partial charge on any atom is -0.399 e. The topological polar surface area (TPSA) is 93.2 Å². The Kier molecular flexibility index (Phi) is 4.04. The first-order valence-electron chi connectivity index (χ1n) is 6.96. The summed E-state index contributed by atoms with van der Waals surface area (Å²) in [6.45, 7) is 10.3. The molecule has 0 aliphatic carbocycles. The highest BCUT2D eigenvalue weighted by Crippen LogP contribution is 2.37. The molecule has 112 valence electrons. The number of nitrogens with two attached hydrogens (primary N) is 1. The Labute approximate surface area is 125 Å². The van der Waals surface area contributed by atoms with Crippen molar-refractivity contribution in [1.29, 1.82) is 0 Å². The van der Waals surface area contributed by atoms with Gasteiger partial charge in [-0.3, -0.25) is 0 Å². The Morgan fingerprint density at radius 2 is 1.81 bits per heavy atom. The summed E-state index contributed by atoms with van der Waals surface area (Å²) in [5.41, 5.74) is 16.8. The quantitative estimate of drug-likeness (QED) is 0.401. The second kappa shape index (κ2) is 5.35. The van der Waals surface area contributed by atoms with E-state index in [0.29, 0.717) is 12.2 Å². The zero-order chi connectivity index (χ0) is 15.8. The average molecular weight is 288 g/mol. The smallest absolute Gasteiger partial charge is 0.399 e. The molecule has 1 heterocycles. The molecule has 0 bridgehead atoms. The van der Waals surface area contributed by atoms with Crippen LogP contribution in [0.5, 0.6) is 0 Å². The highest BCUT2D eigenvalue weighted by molar-refractivity contribution is 6.62. The van der Waals surface area contributed by atoms with Crippen molar-refractivity contribution in [3.63, 3.8) is 0 Å². The molecule has 0 spiro atoms. The van der Waals surface area contributed by atoms with Gasteiger partial charge in [0.05, 0.1) is 11.2 Å². The lowest BCUT2D eigenvalue weighted by atomic mass is 9.77. The fourth-order valence-corrected chi connectivity index (χ4v) is 2.26. The number of hydrogen-bond donors (Lipinski definition) is 1. The van der Waals surface area contributed by atoms with E-state index in [-0.39, 0.29) is 0 Å². The summed E-state index contributed by atoms with van der Waals surface area (Å²) in [6, 6.07) is 3.75. The molecule has 0 aromatic heterocycles. The first-order valence-corrected chi connectivity index (χ1v) is 6.96. The van der Waals surface area contributed by atoms with Crippen LogP contribution in [0.2, 0.25) is 0 Å². The van der Waals surface area contributed by atoms with Crippen molar-refractivity contribution in [3.05, 3.63) is 33.7 Å². The van der Waals surface area contributed by atoms with E-state index in [9.17, 15) is 0 Å². The molecule has 21 heavy (non-hydrogen) atoms. The average Bonchev–Trinajstić information content (AvgIpc) is 2.61. The van der Waals surface area contributed by atoms with Gasteiger partial charge < -0.3 is 15.0 Å². The van der Waals surface area contributed by atoms with Gasteiger partial charge in [0, 0.05) is 17.1 Å². The van der Waals surface area contributed by atoms with Crippen molar-refractivity contribution in [2.24, 2.45) is 10.8 Å². The molecule has 6 nitrogen and oxygen atoms in total. The number of hydrogen-bond acceptors (Lipinski definition) is 4. The van der Waals surface area contributed by atoms with Crippen molar-refractivity contribution < 1.29 is 9.31 Å². The molecule has 2 N–H and O–H groups in total. The molecule has 7 heteroatoms. The third-order valence-corrected chi connectivity index (χ3v) is 4.41. The van der Waals surface area contributed by atoms with Gasteiger partial charge in [-0.05, 0) is 56.7 Å². The van der Waals surface area contributed by atoms with Crippen molar-refractivity contribution in [2.45, 2.75) is 52.4 Å². The molecule has 0 radical (unpaired) electrons. The fraction of sp³-hybridized carbons (Fsp3) is 0.571. The summed E-state index contributed by atoms with van der Waals surface area (Å²) >= 11 is 0. The molecule has 0 unspecified atom stereocenters. The highest BCUT2D eigenvalue weighted by atomic mass is 16.7. The van der Waals surface area contributed by atoms with Crippen LogP contribution in [0.25, 0.3) is 10.4 Å². The summed E-state index contributed by atoms with van der Waals surface area (Å²) in [5.74, 6) is 0. The Hall–Kier alpha value is -1.53. The van der Waals surface area contributed by atoms with Crippen LogP contribution >= 0.6 is 0 Å². The highest BCUT2D eigenvalue weighted by Gasteiger charge is 2.51. The third-order valence-electron chi connectivity index (χ3n) is 4.41. The van der Waals surface area contributed by atoms with Crippen LogP contribution in [-0.4, -0.2) is 18.3 Å². The summed E-state index contributed by atoms with van der Waals surface area (Å²) in [7, 11) is -0.492. The lowest BCUT2D eigenvalue weighted by Crippen LogP contribution is -2.41. The molecule has 1 saturated heterocycles. The minimum absolute atomic E-state index is 0.368. The van der Waals surface area contributed by atoms with E-state index in [2.05, 4.69) is 10.0 Å². The van der Waals surface area contributed by atoms with E-state index < -0.39 is 18.3 Å².